The number of fused-ring (bicyclic) bond motifs is 3. The number of rotatable bonds is 8. The largest absolute Gasteiger partial charge is 0.231 e. The maximum atomic E-state index is 5.55. The summed E-state index contributed by atoms with van der Waals surface area (Å²) in [6.07, 6.45) is 0. The fraction of sp³-hybridized carbons (Fsp3) is 0. The van der Waals surface area contributed by atoms with E-state index in [0.29, 0.717) is 17.5 Å². The highest BCUT2D eigenvalue weighted by molar-refractivity contribution is 6.15. The molecular formula is C56H37N5. The van der Waals surface area contributed by atoms with Crippen LogP contribution in [0.15, 0.2) is 224 Å². The van der Waals surface area contributed by atoms with E-state index in [4.69, 9.17) is 20.1 Å². The van der Waals surface area contributed by atoms with Gasteiger partial charge >= 0.3 is 0 Å². The van der Waals surface area contributed by atoms with Crippen LogP contribution in [0.3, 0.4) is 0 Å². The van der Waals surface area contributed by atoms with Gasteiger partial charge < -0.3 is 0 Å². The number of hydrogen-bond donors (Lipinski definition) is 0. The standard InChI is InChI=1S/C56H37N5/c1-6-20-38(21-7-1)50-51(39-22-8-2-9-23-39)60-61-52(40-24-10-3-11-25-40)49(47-34-16-17-35-48(47)53(50)61)45-32-18-30-43(36-45)44-31-19-33-46(37-44)56-58-54(41-26-12-4-13-27-41)57-55(59-56)42-28-14-5-15-29-42/h1-37H. The molecule has 61 heavy (non-hydrogen) atoms. The second-order valence-electron chi connectivity index (χ2n) is 15.1. The summed E-state index contributed by atoms with van der Waals surface area (Å²) in [5.74, 6) is 1.89. The Hall–Kier alpha value is -8.28. The van der Waals surface area contributed by atoms with Crippen LogP contribution in [-0.2, 0) is 0 Å². The smallest absolute Gasteiger partial charge is 0.164 e. The summed E-state index contributed by atoms with van der Waals surface area (Å²) in [6.45, 7) is 0. The van der Waals surface area contributed by atoms with E-state index in [2.05, 4.69) is 168 Å². The molecule has 5 nitrogen and oxygen atoms in total. The zero-order chi connectivity index (χ0) is 40.5. The van der Waals surface area contributed by atoms with Crippen molar-refractivity contribution < 1.29 is 0 Å². The van der Waals surface area contributed by atoms with Gasteiger partial charge in [0.1, 0.15) is 5.69 Å². The number of pyridine rings is 1. The van der Waals surface area contributed by atoms with E-state index >= 15 is 0 Å². The molecule has 0 amide bonds. The lowest BCUT2D eigenvalue weighted by Crippen LogP contribution is -2.00. The quantitative estimate of drug-likeness (QED) is 0.154. The first-order valence-corrected chi connectivity index (χ1v) is 20.5. The first kappa shape index (κ1) is 35.8. The highest BCUT2D eigenvalue weighted by Gasteiger charge is 2.25. The van der Waals surface area contributed by atoms with E-state index in [1.807, 2.05) is 60.7 Å². The second-order valence-corrected chi connectivity index (χ2v) is 15.1. The van der Waals surface area contributed by atoms with Crippen LogP contribution in [-0.4, -0.2) is 24.6 Å². The maximum absolute atomic E-state index is 5.55. The predicted octanol–water partition coefficient (Wildman–Crippen LogP) is 14.0. The second kappa shape index (κ2) is 15.5. The summed E-state index contributed by atoms with van der Waals surface area (Å²) in [5, 5.41) is 7.84. The molecule has 0 unspecified atom stereocenters. The molecule has 0 spiro atoms. The highest BCUT2D eigenvalue weighted by Crippen LogP contribution is 2.46. The minimum absolute atomic E-state index is 0.621. The molecule has 8 aromatic carbocycles. The van der Waals surface area contributed by atoms with Crippen molar-refractivity contribution in [3.05, 3.63) is 224 Å². The summed E-state index contributed by atoms with van der Waals surface area (Å²) >= 11 is 0. The first-order valence-electron chi connectivity index (χ1n) is 20.5. The molecule has 0 aliphatic rings. The molecule has 3 heterocycles. The van der Waals surface area contributed by atoms with Crippen LogP contribution in [0.2, 0.25) is 0 Å². The third-order valence-corrected chi connectivity index (χ3v) is 11.2. The van der Waals surface area contributed by atoms with Crippen molar-refractivity contribution in [2.45, 2.75) is 0 Å². The van der Waals surface area contributed by atoms with Gasteiger partial charge in [-0.25, -0.2) is 19.5 Å². The van der Waals surface area contributed by atoms with Crippen molar-refractivity contribution in [1.29, 1.82) is 0 Å². The molecule has 0 atom stereocenters. The average Bonchev–Trinajstić information content (AvgIpc) is 3.76. The summed E-state index contributed by atoms with van der Waals surface area (Å²) in [5.41, 5.74) is 14.6. The van der Waals surface area contributed by atoms with Crippen LogP contribution in [0.4, 0.5) is 0 Å². The molecule has 0 saturated carbocycles. The van der Waals surface area contributed by atoms with E-state index in [1.165, 1.54) is 0 Å². The SMILES string of the molecule is c1ccc(-c2nc(-c3ccccc3)nc(-c3cccc(-c4cccc(-c5c(-c6ccccc6)n6nc(-c7ccccc7)c(-c7ccccc7)c6c6ccccc56)c4)c3)n2)cc1. The lowest BCUT2D eigenvalue weighted by atomic mass is 9.90. The van der Waals surface area contributed by atoms with Gasteiger partial charge in [-0.3, -0.25) is 0 Å². The van der Waals surface area contributed by atoms with Crippen molar-refractivity contribution >= 4 is 16.3 Å². The van der Waals surface area contributed by atoms with Crippen molar-refractivity contribution in [3.63, 3.8) is 0 Å². The zero-order valence-corrected chi connectivity index (χ0v) is 33.1. The fourth-order valence-corrected chi connectivity index (χ4v) is 8.43. The van der Waals surface area contributed by atoms with Gasteiger partial charge in [0.05, 0.1) is 11.2 Å². The summed E-state index contributed by atoms with van der Waals surface area (Å²) < 4.78 is 2.19. The molecule has 0 saturated heterocycles. The van der Waals surface area contributed by atoms with Gasteiger partial charge in [0.25, 0.3) is 0 Å². The lowest BCUT2D eigenvalue weighted by Gasteiger charge is -2.18. The van der Waals surface area contributed by atoms with Crippen molar-refractivity contribution in [2.75, 3.05) is 0 Å². The van der Waals surface area contributed by atoms with E-state index in [-0.39, 0.29) is 0 Å². The highest BCUT2D eigenvalue weighted by atomic mass is 15.2. The van der Waals surface area contributed by atoms with Gasteiger partial charge in [-0.2, -0.15) is 5.10 Å². The van der Waals surface area contributed by atoms with E-state index in [9.17, 15) is 0 Å². The number of benzene rings is 8. The first-order chi connectivity index (χ1) is 30.3. The third-order valence-electron chi connectivity index (χ3n) is 11.2. The van der Waals surface area contributed by atoms with Crippen LogP contribution in [0.1, 0.15) is 0 Å². The number of aromatic nitrogens is 5. The van der Waals surface area contributed by atoms with Gasteiger partial charge in [-0.1, -0.05) is 212 Å². The predicted molar refractivity (Wildman–Crippen MR) is 250 cm³/mol. The Morgan fingerprint density at radius 3 is 1.23 bits per heavy atom. The molecule has 11 rings (SSSR count). The Bertz CT molecular complexity index is 3270. The van der Waals surface area contributed by atoms with Crippen molar-refractivity contribution in [3.8, 4) is 90.1 Å². The Kier molecular flexibility index (Phi) is 9.10. The molecule has 3 aromatic heterocycles. The summed E-state index contributed by atoms with van der Waals surface area (Å²) in [4.78, 5) is 15.0. The third kappa shape index (κ3) is 6.64. The Morgan fingerprint density at radius 2 is 0.672 bits per heavy atom. The van der Waals surface area contributed by atoms with Gasteiger partial charge in [0, 0.05) is 44.3 Å². The maximum Gasteiger partial charge on any atom is 0.164 e. The van der Waals surface area contributed by atoms with Crippen LogP contribution in [0, 0.1) is 0 Å². The minimum Gasteiger partial charge on any atom is -0.231 e. The van der Waals surface area contributed by atoms with E-state index < -0.39 is 0 Å². The number of nitrogens with zero attached hydrogens (tertiary/aromatic N) is 5. The van der Waals surface area contributed by atoms with Crippen molar-refractivity contribution in [2.24, 2.45) is 0 Å². The molecule has 5 heteroatoms. The topological polar surface area (TPSA) is 56.0 Å². The Labute approximate surface area is 354 Å². The van der Waals surface area contributed by atoms with Gasteiger partial charge in [-0.05, 0) is 39.8 Å². The molecule has 0 bridgehead atoms. The van der Waals surface area contributed by atoms with Crippen LogP contribution < -0.4 is 0 Å². The average molecular weight is 780 g/mol. The van der Waals surface area contributed by atoms with Crippen LogP contribution in [0.25, 0.3) is 106 Å². The molecule has 0 aliphatic heterocycles. The van der Waals surface area contributed by atoms with E-state index in [0.717, 1.165) is 88.9 Å². The minimum atomic E-state index is 0.621. The Balaban J connectivity index is 1.12. The molecule has 11 aromatic rings. The molecule has 0 N–H and O–H groups in total. The van der Waals surface area contributed by atoms with Crippen molar-refractivity contribution in [1.82, 2.24) is 24.6 Å². The summed E-state index contributed by atoms with van der Waals surface area (Å²) in [7, 11) is 0. The van der Waals surface area contributed by atoms with Gasteiger partial charge in [0.2, 0.25) is 0 Å². The lowest BCUT2D eigenvalue weighted by molar-refractivity contribution is 0.981. The van der Waals surface area contributed by atoms with E-state index in [1.54, 1.807) is 0 Å². The molecule has 0 fully saturated rings. The zero-order valence-electron chi connectivity index (χ0n) is 33.1. The molecule has 286 valence electrons. The Morgan fingerprint density at radius 1 is 0.279 bits per heavy atom. The van der Waals surface area contributed by atoms with Crippen LogP contribution in [0.5, 0.6) is 0 Å². The fourth-order valence-electron chi connectivity index (χ4n) is 8.43. The monoisotopic (exact) mass is 779 g/mol. The summed E-state index contributed by atoms with van der Waals surface area (Å²) in [6, 6.07) is 78.2. The molecular weight excluding hydrogens is 743 g/mol. The van der Waals surface area contributed by atoms with Gasteiger partial charge in [-0.15, -0.1) is 0 Å². The number of hydrogen-bond acceptors (Lipinski definition) is 4. The molecule has 0 aliphatic carbocycles. The molecule has 0 radical (unpaired) electrons. The van der Waals surface area contributed by atoms with Crippen LogP contribution >= 0.6 is 0 Å². The normalized spacial score (nSPS) is 11.3. The van der Waals surface area contributed by atoms with Gasteiger partial charge in [0.15, 0.2) is 17.5 Å².